The minimum atomic E-state index is -4.22. The number of hydrogen-bond donors (Lipinski definition) is 1. The lowest BCUT2D eigenvalue weighted by molar-refractivity contribution is -0.870. The number of ether oxygens (including phenoxy) is 2. The third kappa shape index (κ3) is 35.9. The number of nitrogens with zero attached hydrogens (tertiary/aromatic N) is 1. The molecule has 2 atom stereocenters. The lowest BCUT2D eigenvalue weighted by Gasteiger charge is -2.24. The predicted octanol–water partition coefficient (Wildman–Crippen LogP) is 9.93. The van der Waals surface area contributed by atoms with E-state index in [1.165, 1.54) is 135 Å². The lowest BCUT2D eigenvalue weighted by Crippen LogP contribution is -2.37. The number of esters is 1. The summed E-state index contributed by atoms with van der Waals surface area (Å²) in [5.41, 5.74) is 0. The fraction of sp³-hybridized carbons (Fsp3) is 0.917. The summed E-state index contributed by atoms with van der Waals surface area (Å²) in [6.07, 6.45) is 33.1. The molecule has 8 nitrogen and oxygen atoms in total. The molecule has 0 aliphatic rings. The van der Waals surface area contributed by atoms with Gasteiger partial charge in [-0.3, -0.25) is 13.8 Å². The number of phosphoric ester groups is 1. The number of allylic oxidation sites excluding steroid dienone is 2. The van der Waals surface area contributed by atoms with Gasteiger partial charge in [0.15, 0.2) is 0 Å². The van der Waals surface area contributed by atoms with Gasteiger partial charge in [0.25, 0.3) is 0 Å². The molecule has 9 heteroatoms. The smallest absolute Gasteiger partial charge is 0.458 e. The highest BCUT2D eigenvalue weighted by molar-refractivity contribution is 7.47. The highest BCUT2D eigenvalue weighted by atomic mass is 31.2. The number of quaternary nitrogens is 1. The van der Waals surface area contributed by atoms with Crippen LogP contribution in [0.4, 0.5) is 0 Å². The first-order chi connectivity index (χ1) is 21.6. The summed E-state index contributed by atoms with van der Waals surface area (Å²) < 4.78 is 33.6. The van der Waals surface area contributed by atoms with Crippen molar-refractivity contribution in [2.75, 3.05) is 54.1 Å². The number of carbonyl (C=O) groups is 1. The zero-order valence-corrected chi connectivity index (χ0v) is 31.0. The Kier molecular flexibility index (Phi) is 30.0. The maximum absolute atomic E-state index is 12.1. The van der Waals surface area contributed by atoms with Gasteiger partial charge in [0, 0.05) is 13.5 Å². The van der Waals surface area contributed by atoms with Gasteiger partial charge in [0.1, 0.15) is 19.3 Å². The monoisotopic (exact) mass is 663 g/mol. The van der Waals surface area contributed by atoms with Gasteiger partial charge in [-0.05, 0) is 32.1 Å². The van der Waals surface area contributed by atoms with Crippen LogP contribution in [0.25, 0.3) is 0 Å². The number of hydrogen-bond acceptors (Lipinski definition) is 6. The highest BCUT2D eigenvalue weighted by Gasteiger charge is 2.25. The van der Waals surface area contributed by atoms with Crippen molar-refractivity contribution in [1.29, 1.82) is 0 Å². The van der Waals surface area contributed by atoms with E-state index in [-0.39, 0.29) is 19.8 Å². The maximum Gasteiger partial charge on any atom is 0.472 e. The fourth-order valence-corrected chi connectivity index (χ4v) is 5.82. The molecule has 0 spiro atoms. The van der Waals surface area contributed by atoms with Gasteiger partial charge in [0.2, 0.25) is 0 Å². The molecular formula is C36H73NO7P+. The van der Waals surface area contributed by atoms with Gasteiger partial charge >= 0.3 is 13.8 Å². The van der Waals surface area contributed by atoms with Crippen molar-refractivity contribution in [2.24, 2.45) is 0 Å². The van der Waals surface area contributed by atoms with Crippen LogP contribution in [0.2, 0.25) is 0 Å². The Labute approximate surface area is 278 Å². The van der Waals surface area contributed by atoms with E-state index in [2.05, 4.69) is 19.1 Å². The SMILES string of the molecule is CCCCCCCCCC/C=C\CCCCCCCCCCCCCCOCC(COP(=O)(O)OCC[N+](C)(C)C)OC(C)=O. The molecule has 0 heterocycles. The van der Waals surface area contributed by atoms with Crippen LogP contribution in [0.3, 0.4) is 0 Å². The molecule has 0 saturated carbocycles. The van der Waals surface area contributed by atoms with Crippen molar-refractivity contribution in [3.8, 4) is 0 Å². The average Bonchev–Trinajstić information content (AvgIpc) is 2.96. The summed E-state index contributed by atoms with van der Waals surface area (Å²) in [6.45, 7) is 4.64. The summed E-state index contributed by atoms with van der Waals surface area (Å²) in [7, 11) is 1.66. The van der Waals surface area contributed by atoms with Crippen LogP contribution in [0.1, 0.15) is 155 Å². The lowest BCUT2D eigenvalue weighted by atomic mass is 10.0. The minimum absolute atomic E-state index is 0.0870. The maximum atomic E-state index is 12.1. The van der Waals surface area contributed by atoms with E-state index in [0.29, 0.717) is 17.6 Å². The van der Waals surface area contributed by atoms with E-state index in [0.717, 1.165) is 12.8 Å². The molecule has 45 heavy (non-hydrogen) atoms. The van der Waals surface area contributed by atoms with Gasteiger partial charge in [0.05, 0.1) is 34.4 Å². The van der Waals surface area contributed by atoms with Crippen LogP contribution < -0.4 is 0 Å². The van der Waals surface area contributed by atoms with Crippen molar-refractivity contribution in [3.05, 3.63) is 12.2 Å². The molecule has 0 fully saturated rings. The molecule has 0 radical (unpaired) electrons. The molecule has 0 aromatic heterocycles. The molecular weight excluding hydrogens is 589 g/mol. The van der Waals surface area contributed by atoms with E-state index < -0.39 is 19.9 Å². The normalized spacial score (nSPS) is 14.2. The van der Waals surface area contributed by atoms with Crippen LogP contribution in [-0.4, -0.2) is 75.6 Å². The molecule has 0 rings (SSSR count). The fourth-order valence-electron chi connectivity index (χ4n) is 5.08. The van der Waals surface area contributed by atoms with Gasteiger partial charge < -0.3 is 18.9 Å². The largest absolute Gasteiger partial charge is 0.472 e. The third-order valence-electron chi connectivity index (χ3n) is 7.88. The van der Waals surface area contributed by atoms with E-state index in [9.17, 15) is 14.3 Å². The van der Waals surface area contributed by atoms with Gasteiger partial charge in [-0.1, -0.05) is 128 Å². The Morgan fingerprint density at radius 3 is 1.56 bits per heavy atom. The van der Waals surface area contributed by atoms with Crippen molar-refractivity contribution < 1.29 is 37.3 Å². The van der Waals surface area contributed by atoms with E-state index in [4.69, 9.17) is 18.5 Å². The highest BCUT2D eigenvalue weighted by Crippen LogP contribution is 2.43. The van der Waals surface area contributed by atoms with Crippen molar-refractivity contribution in [2.45, 2.75) is 161 Å². The van der Waals surface area contributed by atoms with E-state index in [1.807, 2.05) is 21.1 Å². The summed E-state index contributed by atoms with van der Waals surface area (Å²) in [4.78, 5) is 21.3. The van der Waals surface area contributed by atoms with Gasteiger partial charge in [-0.2, -0.15) is 0 Å². The number of carbonyl (C=O) groups excluding carboxylic acids is 1. The van der Waals surface area contributed by atoms with Crippen LogP contribution in [-0.2, 0) is 27.9 Å². The zero-order chi connectivity index (χ0) is 33.5. The van der Waals surface area contributed by atoms with Gasteiger partial charge in [-0.25, -0.2) is 4.57 Å². The molecule has 2 unspecified atom stereocenters. The standard InChI is InChI=1S/C36H72NO7P/c1-6-7-8-9-10-11-12-13-14-15-16-17-18-19-20-21-22-23-24-25-26-27-28-29-31-41-33-36(44-35(2)38)34-43-45(39,40)42-32-30-37(3,4)5/h15-16,36H,6-14,17-34H2,1-5H3/p+1/b16-15-. The number of unbranched alkanes of at least 4 members (excludes halogenated alkanes) is 20. The Hall–Kier alpha value is -0.760. The average molecular weight is 663 g/mol. The Morgan fingerprint density at radius 2 is 1.11 bits per heavy atom. The molecule has 0 amide bonds. The Bertz CT molecular complexity index is 741. The molecule has 1 N–H and O–H groups in total. The molecule has 0 saturated heterocycles. The summed E-state index contributed by atoms with van der Waals surface area (Å²) >= 11 is 0. The van der Waals surface area contributed by atoms with Gasteiger partial charge in [-0.15, -0.1) is 0 Å². The van der Waals surface area contributed by atoms with Crippen LogP contribution in [0, 0.1) is 0 Å². The second-order valence-corrected chi connectivity index (χ2v) is 15.1. The Balaban J connectivity index is 3.56. The summed E-state index contributed by atoms with van der Waals surface area (Å²) in [5.74, 6) is -0.488. The topological polar surface area (TPSA) is 91.3 Å². The first-order valence-electron chi connectivity index (χ1n) is 18.4. The molecule has 0 bridgehead atoms. The zero-order valence-electron chi connectivity index (χ0n) is 30.1. The van der Waals surface area contributed by atoms with Crippen LogP contribution in [0.15, 0.2) is 12.2 Å². The predicted molar refractivity (Wildman–Crippen MR) is 187 cm³/mol. The molecule has 0 aliphatic carbocycles. The summed E-state index contributed by atoms with van der Waals surface area (Å²) in [5, 5.41) is 0. The molecule has 0 aromatic carbocycles. The van der Waals surface area contributed by atoms with Crippen LogP contribution in [0.5, 0.6) is 0 Å². The molecule has 0 aliphatic heterocycles. The Morgan fingerprint density at radius 1 is 0.667 bits per heavy atom. The van der Waals surface area contributed by atoms with Crippen molar-refractivity contribution in [3.63, 3.8) is 0 Å². The third-order valence-corrected chi connectivity index (χ3v) is 8.86. The van der Waals surface area contributed by atoms with E-state index in [1.54, 1.807) is 0 Å². The van der Waals surface area contributed by atoms with E-state index >= 15 is 0 Å². The quantitative estimate of drug-likeness (QED) is 0.0241. The second kappa shape index (κ2) is 30.6. The second-order valence-electron chi connectivity index (χ2n) is 13.7. The number of rotatable bonds is 34. The summed E-state index contributed by atoms with van der Waals surface area (Å²) in [6, 6.07) is 0. The first-order valence-corrected chi connectivity index (χ1v) is 19.9. The molecule has 268 valence electrons. The van der Waals surface area contributed by atoms with Crippen molar-refractivity contribution >= 4 is 13.8 Å². The molecule has 0 aromatic rings. The first kappa shape index (κ1) is 44.2. The minimum Gasteiger partial charge on any atom is -0.458 e. The van der Waals surface area contributed by atoms with Crippen LogP contribution >= 0.6 is 7.82 Å². The number of phosphoric acid groups is 1. The number of likely N-dealkylation sites (N-methyl/N-ethyl adjacent to an activating group) is 1. The van der Waals surface area contributed by atoms with Crippen molar-refractivity contribution in [1.82, 2.24) is 0 Å².